The normalized spacial score (nSPS) is 22.5. The third-order valence-electron chi connectivity index (χ3n) is 5.05. The van der Waals surface area contributed by atoms with E-state index in [9.17, 15) is 18.4 Å². The Morgan fingerprint density at radius 3 is 2.62 bits per heavy atom. The molecule has 0 saturated carbocycles. The van der Waals surface area contributed by atoms with E-state index in [0.29, 0.717) is 11.8 Å². The number of urea groups is 1. The molecule has 1 aliphatic carbocycles. The third-order valence-corrected chi connectivity index (χ3v) is 5.05. The zero-order valence-electron chi connectivity index (χ0n) is 14.1. The average molecular weight is 361 g/mol. The van der Waals surface area contributed by atoms with Crippen LogP contribution in [0, 0.1) is 11.6 Å². The molecule has 2 heterocycles. The van der Waals surface area contributed by atoms with Crippen LogP contribution in [-0.4, -0.2) is 22.0 Å². The number of nitrogens with zero attached hydrogens (tertiary/aromatic N) is 2. The smallest absolute Gasteiger partial charge is 0.325 e. The number of nitrogens with one attached hydrogen (secondary N) is 1. The number of aromatic nitrogens is 1. The summed E-state index contributed by atoms with van der Waals surface area (Å²) in [5.74, 6) is -1.41. The molecule has 1 atom stereocenters. The van der Waals surface area contributed by atoms with E-state index in [2.05, 4.69) is 10.5 Å². The Balaban J connectivity index is 1.64. The maximum Gasteiger partial charge on any atom is 0.325 e. The van der Waals surface area contributed by atoms with Gasteiger partial charge in [-0.3, -0.25) is 9.69 Å². The third kappa shape index (κ3) is 2.56. The standard InChI is InChI=1S/C18H17F2N3O3/c1-18(10-6-11(19)8-12(20)7-10)16(24)23(17(25)21-18)9-14-13-4-2-3-5-15(13)26-22-14/h6-8H,2-5,9H2,1H3,(H,21,25). The van der Waals surface area contributed by atoms with Crippen LogP contribution in [0.5, 0.6) is 0 Å². The summed E-state index contributed by atoms with van der Waals surface area (Å²) in [6.45, 7) is 1.40. The van der Waals surface area contributed by atoms with Gasteiger partial charge in [-0.2, -0.15) is 0 Å². The lowest BCUT2D eigenvalue weighted by Gasteiger charge is -2.22. The van der Waals surface area contributed by atoms with Crippen LogP contribution in [0.1, 0.15) is 42.3 Å². The second-order valence-electron chi connectivity index (χ2n) is 6.84. The van der Waals surface area contributed by atoms with E-state index in [-0.39, 0.29) is 12.1 Å². The Morgan fingerprint density at radius 2 is 1.88 bits per heavy atom. The Bertz CT molecular complexity index is 891. The lowest BCUT2D eigenvalue weighted by molar-refractivity contribution is -0.131. The summed E-state index contributed by atoms with van der Waals surface area (Å²) < 4.78 is 32.5. The van der Waals surface area contributed by atoms with Crippen molar-refractivity contribution in [3.8, 4) is 0 Å². The number of hydrogen-bond acceptors (Lipinski definition) is 4. The summed E-state index contributed by atoms with van der Waals surface area (Å²) in [5, 5.41) is 6.55. The highest BCUT2D eigenvalue weighted by molar-refractivity contribution is 6.07. The van der Waals surface area contributed by atoms with Crippen molar-refractivity contribution in [2.24, 2.45) is 0 Å². The van der Waals surface area contributed by atoms with Gasteiger partial charge in [0, 0.05) is 18.1 Å². The molecule has 1 fully saturated rings. The Labute approximate surface area is 148 Å². The zero-order valence-corrected chi connectivity index (χ0v) is 14.1. The molecule has 1 aliphatic heterocycles. The van der Waals surface area contributed by atoms with Gasteiger partial charge in [-0.1, -0.05) is 5.16 Å². The molecule has 2 aliphatic rings. The first-order valence-corrected chi connectivity index (χ1v) is 8.45. The maximum atomic E-state index is 13.6. The fourth-order valence-electron chi connectivity index (χ4n) is 3.60. The highest BCUT2D eigenvalue weighted by Crippen LogP contribution is 2.32. The van der Waals surface area contributed by atoms with Crippen LogP contribution in [0.4, 0.5) is 13.6 Å². The molecular weight excluding hydrogens is 344 g/mol. The fourth-order valence-corrected chi connectivity index (χ4v) is 3.60. The van der Waals surface area contributed by atoms with Crippen molar-refractivity contribution in [1.82, 2.24) is 15.4 Å². The number of fused-ring (bicyclic) bond motifs is 1. The second kappa shape index (κ2) is 5.89. The quantitative estimate of drug-likeness (QED) is 0.853. The molecule has 6 nitrogen and oxygen atoms in total. The van der Waals surface area contributed by atoms with E-state index in [4.69, 9.17) is 4.52 Å². The van der Waals surface area contributed by atoms with Crippen molar-refractivity contribution in [3.05, 3.63) is 52.4 Å². The van der Waals surface area contributed by atoms with E-state index in [1.165, 1.54) is 6.92 Å². The van der Waals surface area contributed by atoms with Gasteiger partial charge in [-0.05, 0) is 43.9 Å². The van der Waals surface area contributed by atoms with Crippen LogP contribution in [0.25, 0.3) is 0 Å². The molecule has 1 aromatic heterocycles. The highest BCUT2D eigenvalue weighted by Gasteiger charge is 2.49. The van der Waals surface area contributed by atoms with Gasteiger partial charge in [0.2, 0.25) is 0 Å². The number of amides is 3. The number of carbonyl (C=O) groups is 2. The van der Waals surface area contributed by atoms with Gasteiger partial charge in [-0.25, -0.2) is 13.6 Å². The summed E-state index contributed by atoms with van der Waals surface area (Å²) in [6, 6.07) is 2.17. The van der Waals surface area contributed by atoms with Crippen molar-refractivity contribution in [2.75, 3.05) is 0 Å². The monoisotopic (exact) mass is 361 g/mol. The minimum absolute atomic E-state index is 0.0309. The van der Waals surface area contributed by atoms with Crippen molar-refractivity contribution in [1.29, 1.82) is 0 Å². The van der Waals surface area contributed by atoms with Crippen molar-refractivity contribution < 1.29 is 22.9 Å². The Kier molecular flexibility index (Phi) is 3.78. The van der Waals surface area contributed by atoms with Gasteiger partial charge in [0.1, 0.15) is 28.6 Å². The van der Waals surface area contributed by atoms with Gasteiger partial charge in [0.05, 0.1) is 6.54 Å². The predicted octanol–water partition coefficient (Wildman–Crippen LogP) is 2.80. The number of rotatable bonds is 3. The molecule has 1 saturated heterocycles. The van der Waals surface area contributed by atoms with Crippen LogP contribution in [-0.2, 0) is 29.7 Å². The molecule has 0 bridgehead atoms. The van der Waals surface area contributed by atoms with E-state index in [1.807, 2.05) is 0 Å². The molecule has 3 amide bonds. The van der Waals surface area contributed by atoms with Crippen LogP contribution in [0.3, 0.4) is 0 Å². The number of hydrogen-bond donors (Lipinski definition) is 1. The van der Waals surface area contributed by atoms with E-state index < -0.39 is 29.1 Å². The molecule has 26 heavy (non-hydrogen) atoms. The van der Waals surface area contributed by atoms with Crippen LogP contribution < -0.4 is 5.32 Å². The molecule has 8 heteroatoms. The molecular formula is C18H17F2N3O3. The van der Waals surface area contributed by atoms with E-state index in [1.54, 1.807) is 0 Å². The number of carbonyl (C=O) groups excluding carboxylic acids is 2. The van der Waals surface area contributed by atoms with Crippen molar-refractivity contribution >= 4 is 11.9 Å². The van der Waals surface area contributed by atoms with Crippen LogP contribution in [0.2, 0.25) is 0 Å². The van der Waals surface area contributed by atoms with Gasteiger partial charge >= 0.3 is 6.03 Å². The average Bonchev–Trinajstić information content (AvgIpc) is 3.09. The molecule has 2 aromatic rings. The lowest BCUT2D eigenvalue weighted by Crippen LogP contribution is -2.41. The summed E-state index contributed by atoms with van der Waals surface area (Å²) >= 11 is 0. The molecule has 1 aromatic carbocycles. The molecule has 136 valence electrons. The second-order valence-corrected chi connectivity index (χ2v) is 6.84. The van der Waals surface area contributed by atoms with Crippen LogP contribution in [0.15, 0.2) is 22.7 Å². The van der Waals surface area contributed by atoms with Gasteiger partial charge in [-0.15, -0.1) is 0 Å². The topological polar surface area (TPSA) is 75.4 Å². The molecule has 0 spiro atoms. The Morgan fingerprint density at radius 1 is 1.19 bits per heavy atom. The molecule has 4 rings (SSSR count). The predicted molar refractivity (Wildman–Crippen MR) is 85.9 cm³/mol. The van der Waals surface area contributed by atoms with Gasteiger partial charge in [0.25, 0.3) is 5.91 Å². The molecule has 0 radical (unpaired) electrons. The first kappa shape index (κ1) is 16.7. The number of aryl methyl sites for hydroxylation is 1. The van der Waals surface area contributed by atoms with Crippen LogP contribution >= 0.6 is 0 Å². The molecule has 1 N–H and O–H groups in total. The largest absolute Gasteiger partial charge is 0.361 e. The number of benzene rings is 1. The van der Waals surface area contributed by atoms with Crippen molar-refractivity contribution in [3.63, 3.8) is 0 Å². The number of imide groups is 1. The minimum Gasteiger partial charge on any atom is -0.361 e. The SMILES string of the molecule is CC1(c2cc(F)cc(F)c2)NC(=O)N(Cc2noc3c2CCCC3)C1=O. The molecule has 1 unspecified atom stereocenters. The van der Waals surface area contributed by atoms with E-state index in [0.717, 1.165) is 54.0 Å². The fraction of sp³-hybridized carbons (Fsp3) is 0.389. The summed E-state index contributed by atoms with van der Waals surface area (Å²) in [7, 11) is 0. The minimum atomic E-state index is -1.54. The van der Waals surface area contributed by atoms with Gasteiger partial charge < -0.3 is 9.84 Å². The Hall–Kier alpha value is -2.77. The van der Waals surface area contributed by atoms with E-state index >= 15 is 0 Å². The number of halogens is 2. The highest BCUT2D eigenvalue weighted by atomic mass is 19.1. The van der Waals surface area contributed by atoms with Crippen molar-refractivity contribution in [2.45, 2.75) is 44.7 Å². The first-order chi connectivity index (χ1) is 12.4. The maximum absolute atomic E-state index is 13.6. The van der Waals surface area contributed by atoms with Gasteiger partial charge in [0.15, 0.2) is 0 Å². The summed E-state index contributed by atoms with van der Waals surface area (Å²) in [4.78, 5) is 26.3. The summed E-state index contributed by atoms with van der Waals surface area (Å²) in [6.07, 6.45) is 3.61. The zero-order chi connectivity index (χ0) is 18.5. The summed E-state index contributed by atoms with van der Waals surface area (Å²) in [5.41, 5.74) is 0.0160. The lowest BCUT2D eigenvalue weighted by atomic mass is 9.91. The first-order valence-electron chi connectivity index (χ1n) is 8.45.